The van der Waals surface area contributed by atoms with Gasteiger partial charge in [0.1, 0.15) is 18.1 Å². The van der Waals surface area contributed by atoms with Gasteiger partial charge in [0.15, 0.2) is 5.75 Å². The molecule has 0 atom stereocenters. The Morgan fingerprint density at radius 2 is 1.82 bits per heavy atom. The van der Waals surface area contributed by atoms with Crippen LogP contribution < -0.4 is 15.5 Å². The summed E-state index contributed by atoms with van der Waals surface area (Å²) in [7, 11) is 1.62. The molecule has 8 heteroatoms. The van der Waals surface area contributed by atoms with Crippen molar-refractivity contribution in [2.45, 2.75) is 6.61 Å². The zero-order valence-corrected chi connectivity index (χ0v) is 16.2. The molecule has 0 fully saturated rings. The lowest BCUT2D eigenvalue weighted by Gasteiger charge is -2.12. The largest absolute Gasteiger partial charge is 0.483 e. The van der Waals surface area contributed by atoms with Gasteiger partial charge in [-0.15, -0.1) is 0 Å². The van der Waals surface area contributed by atoms with E-state index in [1.807, 2.05) is 0 Å². The maximum atomic E-state index is 12.9. The van der Waals surface area contributed by atoms with Gasteiger partial charge in [0, 0.05) is 18.8 Å². The number of nitrogens with one attached hydrogen (secondary N) is 1. The minimum atomic E-state index is -0.483. The Morgan fingerprint density at radius 3 is 2.50 bits per heavy atom. The van der Waals surface area contributed by atoms with E-state index in [1.165, 1.54) is 35.0 Å². The maximum Gasteiger partial charge on any atom is 0.272 e. The number of ether oxygens (including phenoxy) is 1. The van der Waals surface area contributed by atoms with Gasteiger partial charge in [0.05, 0.1) is 16.2 Å². The van der Waals surface area contributed by atoms with Gasteiger partial charge in [-0.05, 0) is 35.9 Å². The average molecular weight is 421 g/mol. The van der Waals surface area contributed by atoms with Gasteiger partial charge >= 0.3 is 0 Å². The fourth-order valence-electron chi connectivity index (χ4n) is 2.45. The third-order valence-corrected chi connectivity index (χ3v) is 4.66. The molecule has 0 aliphatic heterocycles. The van der Waals surface area contributed by atoms with Crippen LogP contribution >= 0.6 is 23.2 Å². The predicted octanol–water partition coefficient (Wildman–Crippen LogP) is 4.66. The normalized spacial score (nSPS) is 10.6. The molecule has 0 radical (unpaired) electrons. The van der Waals surface area contributed by atoms with Gasteiger partial charge in [0.2, 0.25) is 5.43 Å². The monoisotopic (exact) mass is 420 g/mol. The molecule has 28 heavy (non-hydrogen) atoms. The Hall–Kier alpha value is -2.83. The second-order valence-corrected chi connectivity index (χ2v) is 6.81. The molecule has 1 N–H and O–H groups in total. The van der Waals surface area contributed by atoms with E-state index < -0.39 is 11.3 Å². The lowest BCUT2D eigenvalue weighted by molar-refractivity contribution is 0.101. The Kier molecular flexibility index (Phi) is 6.02. The van der Waals surface area contributed by atoms with Crippen molar-refractivity contribution in [3.63, 3.8) is 0 Å². The zero-order valence-electron chi connectivity index (χ0n) is 14.7. The maximum absolute atomic E-state index is 12.9. The second-order valence-electron chi connectivity index (χ2n) is 6.00. The van der Waals surface area contributed by atoms with Crippen molar-refractivity contribution < 1.29 is 13.9 Å². The topological polar surface area (TPSA) is 60.3 Å². The van der Waals surface area contributed by atoms with Crippen LogP contribution in [0.15, 0.2) is 59.5 Å². The molecule has 3 aromatic rings. The number of aryl methyl sites for hydroxylation is 1. The quantitative estimate of drug-likeness (QED) is 0.652. The van der Waals surface area contributed by atoms with Gasteiger partial charge in [0.25, 0.3) is 5.91 Å². The van der Waals surface area contributed by atoms with E-state index in [0.29, 0.717) is 21.3 Å². The minimum Gasteiger partial charge on any atom is -0.483 e. The van der Waals surface area contributed by atoms with Crippen molar-refractivity contribution in [3.05, 3.63) is 92.1 Å². The molecule has 0 saturated heterocycles. The Labute approximate surface area is 170 Å². The number of pyridine rings is 1. The van der Waals surface area contributed by atoms with E-state index in [1.54, 1.807) is 31.3 Å². The van der Waals surface area contributed by atoms with Gasteiger partial charge in [-0.3, -0.25) is 9.59 Å². The first-order valence-electron chi connectivity index (χ1n) is 8.18. The van der Waals surface area contributed by atoms with Gasteiger partial charge < -0.3 is 14.6 Å². The smallest absolute Gasteiger partial charge is 0.272 e. The highest BCUT2D eigenvalue weighted by molar-refractivity contribution is 6.42. The molecule has 1 amide bonds. The number of halogens is 3. The highest BCUT2D eigenvalue weighted by Gasteiger charge is 2.14. The number of anilines is 1. The highest BCUT2D eigenvalue weighted by atomic mass is 35.5. The first-order valence-corrected chi connectivity index (χ1v) is 8.93. The fraction of sp³-hybridized carbons (Fsp3) is 0.100. The molecule has 3 rings (SSSR count). The molecular weight excluding hydrogens is 406 g/mol. The summed E-state index contributed by atoms with van der Waals surface area (Å²) < 4.78 is 19.9. The molecule has 5 nitrogen and oxygen atoms in total. The van der Waals surface area contributed by atoms with Crippen LogP contribution in [-0.4, -0.2) is 10.5 Å². The van der Waals surface area contributed by atoms with E-state index in [2.05, 4.69) is 5.32 Å². The van der Waals surface area contributed by atoms with Gasteiger partial charge in [-0.25, -0.2) is 4.39 Å². The van der Waals surface area contributed by atoms with Crippen LogP contribution in [0.25, 0.3) is 0 Å². The lowest BCUT2D eigenvalue weighted by atomic mass is 10.2. The van der Waals surface area contributed by atoms with E-state index in [0.717, 1.165) is 0 Å². The van der Waals surface area contributed by atoms with E-state index in [-0.39, 0.29) is 23.9 Å². The van der Waals surface area contributed by atoms with Crippen molar-refractivity contribution in [2.24, 2.45) is 7.05 Å². The lowest BCUT2D eigenvalue weighted by Crippen LogP contribution is -2.21. The molecule has 0 spiro atoms. The number of hydrogen-bond donors (Lipinski definition) is 1. The first-order chi connectivity index (χ1) is 13.3. The van der Waals surface area contributed by atoms with Crippen molar-refractivity contribution in [3.8, 4) is 5.75 Å². The van der Waals surface area contributed by atoms with Crippen LogP contribution in [0, 0.1) is 5.82 Å². The molecule has 1 aromatic heterocycles. The predicted molar refractivity (Wildman–Crippen MR) is 107 cm³/mol. The molecule has 2 aromatic carbocycles. The van der Waals surface area contributed by atoms with Crippen molar-refractivity contribution >= 4 is 34.8 Å². The average Bonchev–Trinajstić information content (AvgIpc) is 2.66. The van der Waals surface area contributed by atoms with Crippen LogP contribution in [0.5, 0.6) is 5.75 Å². The molecule has 0 bridgehead atoms. The minimum absolute atomic E-state index is 0.0814. The Bertz CT molecular complexity index is 1080. The number of hydrogen-bond acceptors (Lipinski definition) is 3. The standard InChI is InChI=1S/C20H15Cl2FN2O3/c1-25-10-19(28-11-12-2-4-13(23)5-3-12)18(26)9-17(25)20(27)24-14-6-7-15(21)16(22)8-14/h2-10H,11H2,1H3,(H,24,27). The number of carbonyl (C=O) groups is 1. The number of carbonyl (C=O) groups excluding carboxylic acids is 1. The summed E-state index contributed by atoms with van der Waals surface area (Å²) in [5, 5.41) is 3.33. The van der Waals surface area contributed by atoms with Crippen LogP contribution in [0.4, 0.5) is 10.1 Å². The zero-order chi connectivity index (χ0) is 20.3. The number of benzene rings is 2. The first kappa shape index (κ1) is 19.9. The number of aromatic nitrogens is 1. The van der Waals surface area contributed by atoms with E-state index in [4.69, 9.17) is 27.9 Å². The molecular formula is C20H15Cl2FN2O3. The number of amides is 1. The fourth-order valence-corrected chi connectivity index (χ4v) is 2.75. The molecule has 0 aliphatic carbocycles. The highest BCUT2D eigenvalue weighted by Crippen LogP contribution is 2.25. The Balaban J connectivity index is 1.75. The molecule has 144 valence electrons. The summed E-state index contributed by atoms with van der Waals surface area (Å²) in [5.41, 5.74) is 0.859. The van der Waals surface area contributed by atoms with Crippen LogP contribution in [0.3, 0.4) is 0 Å². The second kappa shape index (κ2) is 8.46. The van der Waals surface area contributed by atoms with Crippen LogP contribution in [0.1, 0.15) is 16.1 Å². The number of nitrogens with zero attached hydrogens (tertiary/aromatic N) is 1. The third-order valence-electron chi connectivity index (χ3n) is 3.92. The summed E-state index contributed by atoms with van der Waals surface area (Å²) in [4.78, 5) is 24.8. The molecule has 0 unspecified atom stereocenters. The molecule has 1 heterocycles. The summed E-state index contributed by atoms with van der Waals surface area (Å²) in [5.74, 6) is -0.752. The van der Waals surface area contributed by atoms with E-state index in [9.17, 15) is 14.0 Å². The summed E-state index contributed by atoms with van der Waals surface area (Å²) in [6.45, 7) is 0.102. The van der Waals surface area contributed by atoms with Crippen molar-refractivity contribution in [1.29, 1.82) is 0 Å². The Morgan fingerprint density at radius 1 is 1.11 bits per heavy atom. The van der Waals surface area contributed by atoms with Crippen molar-refractivity contribution in [2.75, 3.05) is 5.32 Å². The van der Waals surface area contributed by atoms with Crippen molar-refractivity contribution in [1.82, 2.24) is 4.57 Å². The summed E-state index contributed by atoms with van der Waals surface area (Å²) >= 11 is 11.8. The summed E-state index contributed by atoms with van der Waals surface area (Å²) in [6.07, 6.45) is 1.43. The summed E-state index contributed by atoms with van der Waals surface area (Å²) in [6, 6.07) is 11.6. The third kappa shape index (κ3) is 4.71. The van der Waals surface area contributed by atoms with Crippen LogP contribution in [0.2, 0.25) is 10.0 Å². The van der Waals surface area contributed by atoms with E-state index >= 15 is 0 Å². The van der Waals surface area contributed by atoms with Gasteiger partial charge in [-0.2, -0.15) is 0 Å². The van der Waals surface area contributed by atoms with Crippen LogP contribution in [-0.2, 0) is 13.7 Å². The SMILES string of the molecule is Cn1cc(OCc2ccc(F)cc2)c(=O)cc1C(=O)Nc1ccc(Cl)c(Cl)c1. The van der Waals surface area contributed by atoms with Gasteiger partial charge in [-0.1, -0.05) is 35.3 Å². The molecule has 0 saturated carbocycles. The molecule has 0 aliphatic rings. The number of rotatable bonds is 5.